The summed E-state index contributed by atoms with van der Waals surface area (Å²) >= 11 is 0. The summed E-state index contributed by atoms with van der Waals surface area (Å²) in [6.07, 6.45) is 3.77. The fraction of sp³-hybridized carbons (Fsp3) is 0.286. The van der Waals surface area contributed by atoms with Crippen LogP contribution >= 0.6 is 0 Å². The second-order valence-corrected chi connectivity index (χ2v) is 4.60. The molecule has 0 fully saturated rings. The van der Waals surface area contributed by atoms with Crippen LogP contribution in [0, 0.1) is 11.6 Å². The van der Waals surface area contributed by atoms with Crippen molar-refractivity contribution in [2.45, 2.75) is 13.3 Å². The quantitative estimate of drug-likeness (QED) is 0.891. The average Bonchev–Trinajstić information content (AvgIpc) is 2.83. The molecular weight excluding hydrogens is 278 g/mol. The Bertz CT molecular complexity index is 631. The van der Waals surface area contributed by atoms with Gasteiger partial charge in [-0.2, -0.15) is 5.10 Å². The lowest BCUT2D eigenvalue weighted by atomic mass is 10.1. The maximum atomic E-state index is 13.8. The van der Waals surface area contributed by atoms with Crippen molar-refractivity contribution in [3.05, 3.63) is 41.7 Å². The smallest absolute Gasteiger partial charge is 0.255 e. The van der Waals surface area contributed by atoms with Crippen LogP contribution in [0.2, 0.25) is 0 Å². The van der Waals surface area contributed by atoms with E-state index in [4.69, 9.17) is 0 Å². The van der Waals surface area contributed by atoms with Crippen molar-refractivity contribution in [1.29, 1.82) is 0 Å². The SMILES string of the molecule is CCCNc1c(F)cc(C(=O)Nc2cnn(C)c2)cc1F. The minimum atomic E-state index is -0.792. The van der Waals surface area contributed by atoms with Crippen LogP contribution in [0.3, 0.4) is 0 Å². The Labute approximate surface area is 121 Å². The lowest BCUT2D eigenvalue weighted by Gasteiger charge is -2.09. The Morgan fingerprint density at radius 1 is 1.33 bits per heavy atom. The maximum Gasteiger partial charge on any atom is 0.255 e. The number of nitrogens with zero attached hydrogens (tertiary/aromatic N) is 2. The van der Waals surface area contributed by atoms with Crippen molar-refractivity contribution in [3.8, 4) is 0 Å². The molecule has 21 heavy (non-hydrogen) atoms. The molecule has 0 aliphatic rings. The molecule has 2 N–H and O–H groups in total. The molecule has 1 aromatic heterocycles. The molecule has 0 saturated heterocycles. The number of aromatic nitrogens is 2. The number of halogens is 2. The van der Waals surface area contributed by atoms with Gasteiger partial charge in [-0.25, -0.2) is 8.78 Å². The molecule has 2 rings (SSSR count). The molecule has 112 valence electrons. The summed E-state index contributed by atoms with van der Waals surface area (Å²) in [6, 6.07) is 2.01. The molecular formula is C14H16F2N4O. The molecule has 0 saturated carbocycles. The first-order chi connectivity index (χ1) is 10.0. The van der Waals surface area contributed by atoms with Gasteiger partial charge in [0.25, 0.3) is 5.91 Å². The minimum absolute atomic E-state index is 0.0871. The predicted octanol–water partition coefficient (Wildman–Crippen LogP) is 2.77. The first-order valence-corrected chi connectivity index (χ1v) is 6.54. The topological polar surface area (TPSA) is 59.0 Å². The van der Waals surface area contributed by atoms with E-state index < -0.39 is 17.5 Å². The maximum absolute atomic E-state index is 13.8. The zero-order valence-electron chi connectivity index (χ0n) is 11.8. The van der Waals surface area contributed by atoms with Gasteiger partial charge in [-0.05, 0) is 18.6 Å². The summed E-state index contributed by atoms with van der Waals surface area (Å²) in [6.45, 7) is 2.34. The predicted molar refractivity (Wildman–Crippen MR) is 76.3 cm³/mol. The van der Waals surface area contributed by atoms with Crippen molar-refractivity contribution in [2.24, 2.45) is 7.05 Å². The zero-order valence-corrected chi connectivity index (χ0v) is 11.8. The molecule has 7 heteroatoms. The Morgan fingerprint density at radius 2 is 2.00 bits per heavy atom. The highest BCUT2D eigenvalue weighted by atomic mass is 19.1. The normalized spacial score (nSPS) is 10.5. The number of rotatable bonds is 5. The Hall–Kier alpha value is -2.44. The third kappa shape index (κ3) is 3.56. The molecule has 0 atom stereocenters. The number of hydrogen-bond acceptors (Lipinski definition) is 3. The zero-order chi connectivity index (χ0) is 15.4. The van der Waals surface area contributed by atoms with Crippen molar-refractivity contribution >= 4 is 17.3 Å². The summed E-state index contributed by atoms with van der Waals surface area (Å²) in [5.74, 6) is -2.18. The van der Waals surface area contributed by atoms with Crippen LogP contribution in [-0.2, 0) is 7.05 Å². The van der Waals surface area contributed by atoms with Crippen LogP contribution in [0.15, 0.2) is 24.5 Å². The summed E-state index contributed by atoms with van der Waals surface area (Å²) in [5, 5.41) is 9.07. The fourth-order valence-corrected chi connectivity index (χ4v) is 1.81. The van der Waals surface area contributed by atoms with E-state index in [1.807, 2.05) is 6.92 Å². The van der Waals surface area contributed by atoms with Gasteiger partial charge >= 0.3 is 0 Å². The summed E-state index contributed by atoms with van der Waals surface area (Å²) in [5.41, 5.74) is 0.155. The van der Waals surface area contributed by atoms with Crippen molar-refractivity contribution in [3.63, 3.8) is 0 Å². The molecule has 1 aromatic carbocycles. The molecule has 0 radical (unpaired) electrons. The van der Waals surface area contributed by atoms with Gasteiger partial charge in [0.05, 0.1) is 11.9 Å². The molecule has 0 spiro atoms. The third-order valence-electron chi connectivity index (χ3n) is 2.82. The number of anilines is 2. The standard InChI is InChI=1S/C14H16F2N4O/c1-3-4-17-13-11(15)5-9(6-12(13)16)14(21)19-10-7-18-20(2)8-10/h5-8,17H,3-4H2,1-2H3,(H,19,21). The van der Waals surface area contributed by atoms with Crippen molar-refractivity contribution < 1.29 is 13.6 Å². The Kier molecular flexibility index (Phi) is 4.52. The molecule has 1 amide bonds. The third-order valence-corrected chi connectivity index (χ3v) is 2.82. The average molecular weight is 294 g/mol. The van der Waals surface area contributed by atoms with E-state index in [0.29, 0.717) is 12.2 Å². The second-order valence-electron chi connectivity index (χ2n) is 4.60. The molecule has 0 aliphatic heterocycles. The van der Waals surface area contributed by atoms with Gasteiger partial charge < -0.3 is 10.6 Å². The van der Waals surface area contributed by atoms with Gasteiger partial charge in [0.1, 0.15) is 17.3 Å². The second kappa shape index (κ2) is 6.34. The molecule has 1 heterocycles. The summed E-state index contributed by atoms with van der Waals surface area (Å²) < 4.78 is 29.2. The fourth-order valence-electron chi connectivity index (χ4n) is 1.81. The van der Waals surface area contributed by atoms with Crippen molar-refractivity contribution in [1.82, 2.24) is 9.78 Å². The van der Waals surface area contributed by atoms with E-state index in [1.165, 1.54) is 10.9 Å². The molecule has 2 aromatic rings. The van der Waals surface area contributed by atoms with E-state index in [9.17, 15) is 13.6 Å². The molecule has 0 bridgehead atoms. The molecule has 0 unspecified atom stereocenters. The highest BCUT2D eigenvalue weighted by molar-refractivity contribution is 6.04. The van der Waals surface area contributed by atoms with Crippen LogP contribution in [0.4, 0.5) is 20.2 Å². The number of amides is 1. The lowest BCUT2D eigenvalue weighted by Crippen LogP contribution is -2.13. The van der Waals surface area contributed by atoms with E-state index in [1.54, 1.807) is 13.2 Å². The Morgan fingerprint density at radius 3 is 2.52 bits per heavy atom. The molecule has 5 nitrogen and oxygen atoms in total. The highest BCUT2D eigenvalue weighted by Crippen LogP contribution is 2.21. The van der Waals surface area contributed by atoms with E-state index in [2.05, 4.69) is 15.7 Å². The summed E-state index contributed by atoms with van der Waals surface area (Å²) in [4.78, 5) is 12.0. The van der Waals surface area contributed by atoms with E-state index in [0.717, 1.165) is 18.6 Å². The van der Waals surface area contributed by atoms with Crippen molar-refractivity contribution in [2.75, 3.05) is 17.2 Å². The number of hydrogen-bond donors (Lipinski definition) is 2. The van der Waals surface area contributed by atoms with Crippen LogP contribution in [0.25, 0.3) is 0 Å². The van der Waals surface area contributed by atoms with E-state index >= 15 is 0 Å². The van der Waals surface area contributed by atoms with Gasteiger partial charge in [0, 0.05) is 25.4 Å². The number of nitrogens with one attached hydrogen (secondary N) is 2. The monoisotopic (exact) mass is 294 g/mol. The molecule has 0 aliphatic carbocycles. The van der Waals surface area contributed by atoms with Gasteiger partial charge in [-0.3, -0.25) is 9.48 Å². The Balaban J connectivity index is 2.18. The summed E-state index contributed by atoms with van der Waals surface area (Å²) in [7, 11) is 1.70. The number of benzene rings is 1. The number of carbonyl (C=O) groups excluding carboxylic acids is 1. The number of carbonyl (C=O) groups is 1. The highest BCUT2D eigenvalue weighted by Gasteiger charge is 2.15. The van der Waals surface area contributed by atoms with Crippen LogP contribution < -0.4 is 10.6 Å². The van der Waals surface area contributed by atoms with Crippen LogP contribution in [0.5, 0.6) is 0 Å². The lowest BCUT2D eigenvalue weighted by molar-refractivity contribution is 0.102. The van der Waals surface area contributed by atoms with Gasteiger partial charge in [-0.15, -0.1) is 0 Å². The van der Waals surface area contributed by atoms with Crippen LogP contribution in [0.1, 0.15) is 23.7 Å². The van der Waals surface area contributed by atoms with Gasteiger partial charge in [-0.1, -0.05) is 6.92 Å². The first-order valence-electron chi connectivity index (χ1n) is 6.54. The van der Waals surface area contributed by atoms with Gasteiger partial charge in [0.15, 0.2) is 0 Å². The first kappa shape index (κ1) is 15.0. The van der Waals surface area contributed by atoms with Crippen LogP contribution in [-0.4, -0.2) is 22.2 Å². The largest absolute Gasteiger partial charge is 0.380 e. The minimum Gasteiger partial charge on any atom is -0.380 e. The van der Waals surface area contributed by atoms with E-state index in [-0.39, 0.29) is 11.3 Å². The van der Waals surface area contributed by atoms with Gasteiger partial charge in [0.2, 0.25) is 0 Å². The number of aryl methyl sites for hydroxylation is 1.